The number of hydrogen-bond donors (Lipinski definition) is 3. The Hall–Kier alpha value is -5.23. The van der Waals surface area contributed by atoms with Crippen LogP contribution < -0.4 is 21.1 Å². The van der Waals surface area contributed by atoms with E-state index in [1.54, 1.807) is 35.6 Å². The van der Waals surface area contributed by atoms with Crippen LogP contribution in [0.1, 0.15) is 57.8 Å². The number of aryl methyl sites for hydroxylation is 2. The van der Waals surface area contributed by atoms with Crippen molar-refractivity contribution in [1.29, 1.82) is 0 Å². The van der Waals surface area contributed by atoms with Gasteiger partial charge in [0, 0.05) is 59.2 Å². The van der Waals surface area contributed by atoms with Gasteiger partial charge in [-0.2, -0.15) is 0 Å². The van der Waals surface area contributed by atoms with Crippen LogP contribution in [0.3, 0.4) is 0 Å². The van der Waals surface area contributed by atoms with Gasteiger partial charge >= 0.3 is 0 Å². The molecule has 1 fully saturated rings. The Kier molecular flexibility index (Phi) is 14.2. The molecule has 2 aromatic carbocycles. The van der Waals surface area contributed by atoms with Gasteiger partial charge in [0.1, 0.15) is 29.0 Å². The Morgan fingerprint density at radius 1 is 0.950 bits per heavy atom. The molecule has 0 spiro atoms. The highest BCUT2D eigenvalue weighted by Gasteiger charge is 2.32. The molecule has 7 rings (SSSR count). The molecule has 0 bridgehead atoms. The number of ether oxygens (including phenoxy) is 2. The molecule has 3 N–H and O–H groups in total. The van der Waals surface area contributed by atoms with Crippen molar-refractivity contribution < 1.29 is 19.1 Å². The minimum atomic E-state index is -0.558. The molecule has 2 aliphatic rings. The van der Waals surface area contributed by atoms with Crippen LogP contribution in [0.25, 0.3) is 11.1 Å². The third kappa shape index (κ3) is 10.6. The van der Waals surface area contributed by atoms with E-state index in [2.05, 4.69) is 55.1 Å². The molecule has 0 aliphatic carbocycles. The predicted octanol–water partition coefficient (Wildman–Crippen LogP) is 6.71. The van der Waals surface area contributed by atoms with E-state index in [1.165, 1.54) is 17.3 Å². The lowest BCUT2D eigenvalue weighted by atomic mass is 9.99. The van der Waals surface area contributed by atoms with Crippen molar-refractivity contribution in [2.75, 3.05) is 51.1 Å². The Morgan fingerprint density at radius 3 is 2.48 bits per heavy atom. The van der Waals surface area contributed by atoms with E-state index in [0.29, 0.717) is 84.9 Å². The molecule has 312 valence electrons. The van der Waals surface area contributed by atoms with Crippen molar-refractivity contribution >= 4 is 87.1 Å². The highest BCUT2D eigenvalue weighted by Crippen LogP contribution is 2.39. The molecule has 5 heterocycles. The average Bonchev–Trinajstić information content (AvgIpc) is 3.92. The number of rotatable bonds is 16. The largest absolute Gasteiger partial charge is 0.377 e. The van der Waals surface area contributed by atoms with E-state index < -0.39 is 6.04 Å². The number of nitrogens with zero attached hydrogens (tertiary/aromatic N) is 8. The minimum Gasteiger partial charge on any atom is -0.377 e. The molecular weight excluding hydrogens is 849 g/mol. The minimum absolute atomic E-state index is 0.0848. The van der Waals surface area contributed by atoms with Gasteiger partial charge in [-0.25, -0.2) is 15.0 Å². The first-order valence-corrected chi connectivity index (χ1v) is 21.1. The topological polar surface area (TPSA) is 173 Å². The number of hydrogen-bond acceptors (Lipinski definition) is 12. The van der Waals surface area contributed by atoms with Crippen molar-refractivity contribution in [2.24, 2.45) is 9.98 Å². The summed E-state index contributed by atoms with van der Waals surface area (Å²) in [4.78, 5) is 44.9. The molecule has 5 aromatic rings. The predicted molar refractivity (Wildman–Crippen MR) is 235 cm³/mol. The van der Waals surface area contributed by atoms with E-state index in [1.807, 2.05) is 46.8 Å². The summed E-state index contributed by atoms with van der Waals surface area (Å²) in [5.41, 5.74) is 8.49. The zero-order valence-corrected chi connectivity index (χ0v) is 36.1. The normalized spacial score (nSPS) is 15.4. The van der Waals surface area contributed by atoms with Crippen LogP contribution in [0.15, 0.2) is 70.9 Å². The van der Waals surface area contributed by atoms with Crippen molar-refractivity contribution in [3.05, 3.63) is 115 Å². The molecule has 19 heteroatoms. The van der Waals surface area contributed by atoms with E-state index in [4.69, 9.17) is 49.3 Å². The summed E-state index contributed by atoms with van der Waals surface area (Å²) in [5, 5.41) is 19.1. The van der Waals surface area contributed by atoms with Gasteiger partial charge in [-0.05, 0) is 62.7 Å². The van der Waals surface area contributed by atoms with Gasteiger partial charge in [0.05, 0.1) is 60.0 Å². The van der Waals surface area contributed by atoms with Crippen LogP contribution >= 0.6 is 46.1 Å². The number of aromatic nitrogens is 5. The van der Waals surface area contributed by atoms with Crippen LogP contribution in [-0.4, -0.2) is 94.2 Å². The molecule has 3 aromatic heterocycles. The second-order valence-corrected chi connectivity index (χ2v) is 16.2. The first kappa shape index (κ1) is 42.9. The van der Waals surface area contributed by atoms with Gasteiger partial charge in [0.15, 0.2) is 11.6 Å². The first-order valence-electron chi connectivity index (χ1n) is 19.2. The second kappa shape index (κ2) is 19.9. The van der Waals surface area contributed by atoms with Gasteiger partial charge in [-0.15, -0.1) is 21.5 Å². The number of thiophene rings is 1. The molecule has 60 heavy (non-hydrogen) atoms. The number of carbonyl (C=O) groups is 2. The van der Waals surface area contributed by atoms with Crippen LogP contribution in [0.4, 0.5) is 11.5 Å². The number of amidine groups is 1. The number of anilines is 1. The smallest absolute Gasteiger partial charge is 0.244 e. The Balaban J connectivity index is 0.798. The van der Waals surface area contributed by atoms with Crippen molar-refractivity contribution in [1.82, 2.24) is 40.8 Å². The van der Waals surface area contributed by atoms with Gasteiger partial charge in [-0.3, -0.25) is 29.6 Å². The zero-order chi connectivity index (χ0) is 42.2. The highest BCUT2D eigenvalue weighted by molar-refractivity contribution is 7.15. The standard InChI is InChI=1S/C41H42Cl3N11O4S/c1-24-25(2)60-41-38(24)39(27-4-6-28(42)7-5-27)49-33(40-52-51-26(3)55(40)41)22-37(57)46-14-17-59-19-18-58-16-13-45-36(56)11-8-29-20-35(48-23-47-29)50-34-12-15-54(53-34)30-9-10-31(43)32(44)21-30/h4-11,20-21,23,33H,12-19,22H2,1-3H3,(H,45,56)(H,46,57)(H,47,48,50,53)/b11-8+/t33-/m0/s1. The number of amides is 2. The van der Waals surface area contributed by atoms with E-state index in [9.17, 15) is 9.59 Å². The van der Waals surface area contributed by atoms with Gasteiger partial charge < -0.3 is 20.1 Å². The third-order valence-corrected chi connectivity index (χ3v) is 11.8. The van der Waals surface area contributed by atoms with Gasteiger partial charge in [0.2, 0.25) is 11.8 Å². The molecular formula is C41H42Cl3N11O4S. The highest BCUT2D eigenvalue weighted by atomic mass is 35.5. The summed E-state index contributed by atoms with van der Waals surface area (Å²) in [7, 11) is 0. The maximum Gasteiger partial charge on any atom is 0.244 e. The molecule has 0 saturated carbocycles. The lowest BCUT2D eigenvalue weighted by Gasteiger charge is -2.18. The summed E-state index contributed by atoms with van der Waals surface area (Å²) < 4.78 is 13.3. The monoisotopic (exact) mass is 889 g/mol. The SMILES string of the molecule is Cc1sc2c(c1C)C(c1ccc(Cl)cc1)=N[C@@H](CC(=O)NCCOCCOCCNC(=O)/C=C/c1cc(N=C3CCN(c4ccc(Cl)c(Cl)c4)N3)ncn1)c1nnc(C)n1-2. The Morgan fingerprint density at radius 2 is 1.72 bits per heavy atom. The lowest BCUT2D eigenvalue weighted by Crippen LogP contribution is -2.33. The number of halogens is 3. The zero-order valence-electron chi connectivity index (χ0n) is 33.0. The van der Waals surface area contributed by atoms with Gasteiger partial charge in [0.25, 0.3) is 0 Å². The quantitative estimate of drug-likeness (QED) is 0.0714. The van der Waals surface area contributed by atoms with Gasteiger partial charge in [-0.1, -0.05) is 46.9 Å². The molecule has 15 nitrogen and oxygen atoms in total. The van der Waals surface area contributed by atoms with Crippen molar-refractivity contribution in [3.8, 4) is 5.00 Å². The van der Waals surface area contributed by atoms with E-state index in [0.717, 1.165) is 44.8 Å². The molecule has 2 aliphatic heterocycles. The third-order valence-electron chi connectivity index (χ3n) is 9.60. The van der Waals surface area contributed by atoms with E-state index >= 15 is 0 Å². The lowest BCUT2D eigenvalue weighted by molar-refractivity contribution is -0.121. The second-order valence-electron chi connectivity index (χ2n) is 13.8. The average molecular weight is 891 g/mol. The first-order chi connectivity index (χ1) is 29.0. The van der Waals surface area contributed by atoms with Crippen LogP contribution in [0.2, 0.25) is 15.1 Å². The molecule has 0 radical (unpaired) electrons. The fourth-order valence-electron chi connectivity index (χ4n) is 6.50. The number of hydrazine groups is 1. The molecule has 1 saturated heterocycles. The maximum atomic E-state index is 13.2. The number of aliphatic imine (C=N–C) groups is 2. The number of nitrogens with one attached hydrogen (secondary N) is 3. The molecule has 1 atom stereocenters. The fourth-order valence-corrected chi connectivity index (χ4v) is 8.13. The molecule has 0 unspecified atom stereocenters. The van der Waals surface area contributed by atoms with Crippen LogP contribution in [0.5, 0.6) is 0 Å². The number of carbonyl (C=O) groups excluding carboxylic acids is 2. The van der Waals surface area contributed by atoms with Crippen LogP contribution in [0, 0.1) is 20.8 Å². The Labute approximate surface area is 365 Å². The molecule has 2 amide bonds. The Bertz CT molecular complexity index is 2450. The van der Waals surface area contributed by atoms with E-state index in [-0.39, 0.29) is 18.2 Å². The summed E-state index contributed by atoms with van der Waals surface area (Å²) >= 11 is 20.1. The summed E-state index contributed by atoms with van der Waals surface area (Å²) in [6.45, 7) is 8.67. The summed E-state index contributed by atoms with van der Waals surface area (Å²) in [6, 6.07) is 14.1. The number of benzene rings is 2. The van der Waals surface area contributed by atoms with Crippen LogP contribution in [-0.2, 0) is 19.1 Å². The summed E-state index contributed by atoms with van der Waals surface area (Å²) in [5.74, 6) is 2.07. The summed E-state index contributed by atoms with van der Waals surface area (Å²) in [6.07, 6.45) is 5.15. The maximum absolute atomic E-state index is 13.2. The number of fused-ring (bicyclic) bond motifs is 3. The fraction of sp³-hybridized carbons (Fsp3) is 0.317. The van der Waals surface area contributed by atoms with Crippen molar-refractivity contribution in [3.63, 3.8) is 0 Å². The van der Waals surface area contributed by atoms with Crippen molar-refractivity contribution in [2.45, 2.75) is 39.7 Å².